The van der Waals surface area contributed by atoms with Crippen molar-refractivity contribution in [3.05, 3.63) is 86.4 Å². The molecule has 1 N–H and O–H groups in total. The Bertz CT molecular complexity index is 1390. The van der Waals surface area contributed by atoms with Crippen LogP contribution in [0.5, 0.6) is 0 Å². The zero-order valence-electron chi connectivity index (χ0n) is 17.9. The molecule has 168 valence electrons. The molecule has 2 aromatic carbocycles. The molecule has 1 aliphatic heterocycles. The fraction of sp³-hybridized carbons (Fsp3) is 0.208. The highest BCUT2D eigenvalue weighted by molar-refractivity contribution is 6.33. The molecular formula is C24H21Cl2N5O2. The summed E-state index contributed by atoms with van der Waals surface area (Å²) in [5.74, 6) is -0.0401. The van der Waals surface area contributed by atoms with Crippen LogP contribution in [0, 0.1) is 6.92 Å². The highest BCUT2D eigenvalue weighted by Gasteiger charge is 2.25. The average Bonchev–Trinajstić information content (AvgIpc) is 3.27. The zero-order chi connectivity index (χ0) is 23.1. The average molecular weight is 482 g/mol. The van der Waals surface area contributed by atoms with Gasteiger partial charge in [0.05, 0.1) is 17.6 Å². The van der Waals surface area contributed by atoms with E-state index >= 15 is 0 Å². The first kappa shape index (κ1) is 21.6. The Labute approximate surface area is 200 Å². The molecule has 7 nitrogen and oxygen atoms in total. The number of hydrogen-bond acceptors (Lipinski definition) is 4. The summed E-state index contributed by atoms with van der Waals surface area (Å²) in [5, 5.41) is 5.97. The van der Waals surface area contributed by atoms with Gasteiger partial charge in [0.25, 0.3) is 11.5 Å². The van der Waals surface area contributed by atoms with Gasteiger partial charge in [-0.25, -0.2) is 0 Å². The third-order valence-electron chi connectivity index (χ3n) is 5.97. The second-order valence-electron chi connectivity index (χ2n) is 8.04. The van der Waals surface area contributed by atoms with Crippen LogP contribution in [0.15, 0.2) is 59.5 Å². The van der Waals surface area contributed by atoms with Gasteiger partial charge in [-0.3, -0.25) is 9.59 Å². The first-order chi connectivity index (χ1) is 15.9. The van der Waals surface area contributed by atoms with E-state index in [1.165, 1.54) is 4.68 Å². The van der Waals surface area contributed by atoms with Gasteiger partial charge in [0.2, 0.25) is 0 Å². The number of fused-ring (bicyclic) bond motifs is 1. The maximum Gasteiger partial charge on any atom is 0.292 e. The first-order valence-corrected chi connectivity index (χ1v) is 11.3. The summed E-state index contributed by atoms with van der Waals surface area (Å²) in [6.45, 7) is 4.02. The highest BCUT2D eigenvalue weighted by atomic mass is 35.5. The number of benzene rings is 2. The molecule has 9 heteroatoms. The Morgan fingerprint density at radius 3 is 2.52 bits per heavy atom. The lowest BCUT2D eigenvalue weighted by Crippen LogP contribution is -2.49. The molecule has 0 atom stereocenters. The number of carbonyl (C=O) groups is 1. The lowest BCUT2D eigenvalue weighted by atomic mass is 10.2. The number of nitrogens with zero attached hydrogens (tertiary/aromatic N) is 4. The van der Waals surface area contributed by atoms with E-state index in [0.717, 1.165) is 16.5 Å². The zero-order valence-corrected chi connectivity index (χ0v) is 19.4. The predicted molar refractivity (Wildman–Crippen MR) is 131 cm³/mol. The number of carbonyl (C=O) groups excluding carboxylic acids is 1. The van der Waals surface area contributed by atoms with Gasteiger partial charge in [0, 0.05) is 42.1 Å². The molecule has 5 rings (SSSR count). The number of amides is 1. The van der Waals surface area contributed by atoms with Crippen LogP contribution in [-0.2, 0) is 0 Å². The second-order valence-corrected chi connectivity index (χ2v) is 8.83. The van der Waals surface area contributed by atoms with Crippen molar-refractivity contribution in [1.82, 2.24) is 19.7 Å². The van der Waals surface area contributed by atoms with Crippen molar-refractivity contribution in [3.8, 4) is 5.69 Å². The van der Waals surface area contributed by atoms with Crippen LogP contribution in [0.4, 0.5) is 5.69 Å². The molecule has 0 aliphatic carbocycles. The molecule has 0 unspecified atom stereocenters. The summed E-state index contributed by atoms with van der Waals surface area (Å²) in [6, 6.07) is 15.0. The predicted octanol–water partition coefficient (Wildman–Crippen LogP) is 4.29. The van der Waals surface area contributed by atoms with Crippen LogP contribution in [-0.4, -0.2) is 51.8 Å². The highest BCUT2D eigenvalue weighted by Crippen LogP contribution is 2.25. The molecule has 4 aromatic rings. The number of rotatable bonds is 3. The Balaban J connectivity index is 1.32. The van der Waals surface area contributed by atoms with Crippen LogP contribution in [0.1, 0.15) is 16.1 Å². The molecule has 3 heterocycles. The monoisotopic (exact) mass is 481 g/mol. The molecule has 0 radical (unpaired) electrons. The number of H-pyrrole nitrogens is 1. The van der Waals surface area contributed by atoms with Crippen LogP contribution in [0.2, 0.25) is 10.0 Å². The van der Waals surface area contributed by atoms with Crippen molar-refractivity contribution in [1.29, 1.82) is 0 Å². The lowest BCUT2D eigenvalue weighted by molar-refractivity contribution is 0.0742. The second kappa shape index (κ2) is 8.57. The molecule has 1 saturated heterocycles. The van der Waals surface area contributed by atoms with Crippen LogP contribution < -0.4 is 10.5 Å². The number of halogens is 2. The van der Waals surface area contributed by atoms with E-state index in [4.69, 9.17) is 23.2 Å². The maximum absolute atomic E-state index is 13.0. The standard InChI is InChI=1S/C24H21Cl2N5O2/c1-15-6-7-17(13-18(15)25)31-24(33)22(26)21(14-27-31)29-8-10-30(11-9-29)23(32)20-12-16-4-2-3-5-19(16)28-20/h2-7,12-14,28H,8-11H2,1H3. The molecule has 1 aliphatic rings. The number of nitrogens with one attached hydrogen (secondary N) is 1. The van der Waals surface area contributed by atoms with Crippen LogP contribution >= 0.6 is 23.2 Å². The number of para-hydroxylation sites is 1. The normalized spacial score (nSPS) is 14.2. The smallest absolute Gasteiger partial charge is 0.292 e. The maximum atomic E-state index is 13.0. The summed E-state index contributed by atoms with van der Waals surface area (Å²) >= 11 is 12.7. The third kappa shape index (κ3) is 3.98. The van der Waals surface area contributed by atoms with Gasteiger partial charge in [-0.1, -0.05) is 47.5 Å². The summed E-state index contributed by atoms with van der Waals surface area (Å²) < 4.78 is 1.24. The van der Waals surface area contributed by atoms with Gasteiger partial charge in [0.1, 0.15) is 10.7 Å². The number of aromatic nitrogens is 3. The number of piperazine rings is 1. The van der Waals surface area contributed by atoms with Crippen molar-refractivity contribution in [2.45, 2.75) is 6.92 Å². The Kier molecular flexibility index (Phi) is 5.60. The van der Waals surface area contributed by atoms with Crippen molar-refractivity contribution in [2.75, 3.05) is 31.1 Å². The SMILES string of the molecule is Cc1ccc(-n2ncc(N3CCN(C(=O)c4cc5ccccc5[nH]4)CC3)c(Cl)c2=O)cc1Cl. The largest absolute Gasteiger partial charge is 0.365 e. The van der Waals surface area contributed by atoms with Crippen molar-refractivity contribution >= 4 is 45.7 Å². The van der Waals surface area contributed by atoms with Crippen molar-refractivity contribution in [2.24, 2.45) is 0 Å². The molecule has 1 fully saturated rings. The molecule has 0 spiro atoms. The Morgan fingerprint density at radius 1 is 1.03 bits per heavy atom. The van der Waals surface area contributed by atoms with Gasteiger partial charge in [-0.2, -0.15) is 9.78 Å². The molecule has 2 aromatic heterocycles. The lowest BCUT2D eigenvalue weighted by Gasteiger charge is -2.36. The minimum absolute atomic E-state index is 0.0401. The van der Waals surface area contributed by atoms with Gasteiger partial charge in [-0.05, 0) is 36.8 Å². The van der Waals surface area contributed by atoms with E-state index in [9.17, 15) is 9.59 Å². The number of aromatic amines is 1. The van der Waals surface area contributed by atoms with E-state index in [2.05, 4.69) is 10.1 Å². The van der Waals surface area contributed by atoms with Crippen molar-refractivity contribution in [3.63, 3.8) is 0 Å². The van der Waals surface area contributed by atoms with E-state index in [-0.39, 0.29) is 10.9 Å². The fourth-order valence-corrected chi connectivity index (χ4v) is 4.47. The molecule has 33 heavy (non-hydrogen) atoms. The topological polar surface area (TPSA) is 74.2 Å². The summed E-state index contributed by atoms with van der Waals surface area (Å²) in [6.07, 6.45) is 1.59. The van der Waals surface area contributed by atoms with E-state index in [1.807, 2.05) is 48.2 Å². The quantitative estimate of drug-likeness (QED) is 0.473. The molecule has 0 saturated carbocycles. The van der Waals surface area contributed by atoms with Crippen molar-refractivity contribution < 1.29 is 4.79 Å². The minimum atomic E-state index is -0.411. The Hall–Kier alpha value is -3.29. The minimum Gasteiger partial charge on any atom is -0.365 e. The van der Waals surface area contributed by atoms with Crippen LogP contribution in [0.25, 0.3) is 16.6 Å². The first-order valence-electron chi connectivity index (χ1n) is 10.6. The molecule has 1 amide bonds. The van der Waals surface area contributed by atoms with Gasteiger partial charge in [-0.15, -0.1) is 0 Å². The fourth-order valence-electron chi connectivity index (χ4n) is 4.05. The van der Waals surface area contributed by atoms with Gasteiger partial charge >= 0.3 is 0 Å². The summed E-state index contributed by atoms with van der Waals surface area (Å²) in [5.41, 5.74) is 3.13. The summed E-state index contributed by atoms with van der Waals surface area (Å²) in [4.78, 5) is 32.8. The number of hydrogen-bond donors (Lipinski definition) is 1. The van der Waals surface area contributed by atoms with E-state index in [1.54, 1.807) is 23.2 Å². The van der Waals surface area contributed by atoms with Crippen LogP contribution in [0.3, 0.4) is 0 Å². The van der Waals surface area contributed by atoms with Gasteiger partial charge in [0.15, 0.2) is 0 Å². The molecular weight excluding hydrogens is 461 g/mol. The molecule has 0 bridgehead atoms. The number of aryl methyl sites for hydroxylation is 1. The van der Waals surface area contributed by atoms with Gasteiger partial charge < -0.3 is 14.8 Å². The van der Waals surface area contributed by atoms with E-state index < -0.39 is 5.56 Å². The number of anilines is 1. The summed E-state index contributed by atoms with van der Waals surface area (Å²) in [7, 11) is 0. The Morgan fingerprint density at radius 2 is 1.79 bits per heavy atom. The van der Waals surface area contributed by atoms with E-state index in [0.29, 0.717) is 48.3 Å². The third-order valence-corrected chi connectivity index (χ3v) is 6.73.